The van der Waals surface area contributed by atoms with Gasteiger partial charge in [0.25, 0.3) is 0 Å². The lowest BCUT2D eigenvalue weighted by Gasteiger charge is -2.32. The van der Waals surface area contributed by atoms with Crippen molar-refractivity contribution in [3.8, 4) is 6.07 Å². The smallest absolute Gasteiger partial charge is 0.308 e. The quantitative estimate of drug-likeness (QED) is 0.862. The standard InChI is InChI=1S/C13H14ClN3OS/c1-13(2)17(11(7-15)8-19-13)12(18)16-10-5-3-9(14)4-6-10/h3-6,11H,8H2,1-2H3,(H,16,18). The van der Waals surface area contributed by atoms with Crippen molar-refractivity contribution in [2.75, 3.05) is 11.1 Å². The lowest BCUT2D eigenvalue weighted by atomic mass is 10.2. The molecule has 0 spiro atoms. The van der Waals surface area contributed by atoms with Crippen LogP contribution >= 0.6 is 23.4 Å². The van der Waals surface area contributed by atoms with Crippen LogP contribution in [0.1, 0.15) is 13.8 Å². The summed E-state index contributed by atoms with van der Waals surface area (Å²) in [5.74, 6) is 0.636. The molecule has 1 atom stereocenters. The Balaban J connectivity index is 2.15. The van der Waals surface area contributed by atoms with Gasteiger partial charge in [0.15, 0.2) is 0 Å². The van der Waals surface area contributed by atoms with Gasteiger partial charge in [-0.25, -0.2) is 4.79 Å². The highest BCUT2D eigenvalue weighted by molar-refractivity contribution is 8.00. The minimum absolute atomic E-state index is 0.260. The van der Waals surface area contributed by atoms with Crippen LogP contribution < -0.4 is 5.32 Å². The highest BCUT2D eigenvalue weighted by Crippen LogP contribution is 2.38. The molecule has 1 N–H and O–H groups in total. The van der Waals surface area contributed by atoms with Gasteiger partial charge in [0, 0.05) is 16.5 Å². The summed E-state index contributed by atoms with van der Waals surface area (Å²) in [5, 5.41) is 12.5. The maximum absolute atomic E-state index is 12.3. The minimum atomic E-state index is -0.396. The van der Waals surface area contributed by atoms with E-state index >= 15 is 0 Å². The third-order valence-electron chi connectivity index (χ3n) is 2.95. The molecule has 0 radical (unpaired) electrons. The summed E-state index contributed by atoms with van der Waals surface area (Å²) in [4.78, 5) is 13.5. The second kappa shape index (κ2) is 5.32. The predicted octanol–water partition coefficient (Wildman–Crippen LogP) is 3.55. The Morgan fingerprint density at radius 2 is 2.16 bits per heavy atom. The molecule has 2 rings (SSSR count). The third-order valence-corrected chi connectivity index (χ3v) is 4.59. The van der Waals surface area contributed by atoms with E-state index in [2.05, 4.69) is 11.4 Å². The average molecular weight is 296 g/mol. The van der Waals surface area contributed by atoms with Gasteiger partial charge in [0.1, 0.15) is 6.04 Å². The van der Waals surface area contributed by atoms with E-state index < -0.39 is 6.04 Å². The normalized spacial score (nSPS) is 20.9. The number of carbonyl (C=O) groups is 1. The van der Waals surface area contributed by atoms with Crippen LogP contribution in [-0.4, -0.2) is 27.6 Å². The number of nitriles is 1. The summed E-state index contributed by atoms with van der Waals surface area (Å²) in [6, 6.07) is 8.40. The Bertz CT molecular complexity index is 524. The number of amides is 2. The van der Waals surface area contributed by atoms with E-state index in [4.69, 9.17) is 16.9 Å². The van der Waals surface area contributed by atoms with Crippen LogP contribution in [0.5, 0.6) is 0 Å². The van der Waals surface area contributed by atoms with Crippen LogP contribution in [-0.2, 0) is 0 Å². The fourth-order valence-electron chi connectivity index (χ4n) is 2.00. The monoisotopic (exact) mass is 295 g/mol. The Morgan fingerprint density at radius 3 is 2.74 bits per heavy atom. The molecule has 100 valence electrons. The molecule has 1 saturated heterocycles. The second-order valence-corrected chi connectivity index (χ2v) is 6.77. The van der Waals surface area contributed by atoms with E-state index in [1.165, 1.54) is 0 Å². The van der Waals surface area contributed by atoms with Crippen LogP contribution in [0.3, 0.4) is 0 Å². The summed E-state index contributed by atoms with van der Waals surface area (Å²) >= 11 is 7.40. The molecule has 1 heterocycles. The zero-order valence-electron chi connectivity index (χ0n) is 10.7. The Hall–Kier alpha value is -1.38. The summed E-state index contributed by atoms with van der Waals surface area (Å²) in [6.45, 7) is 3.88. The highest BCUT2D eigenvalue weighted by Gasteiger charge is 2.43. The Kier molecular flexibility index (Phi) is 3.93. The van der Waals surface area contributed by atoms with E-state index in [1.54, 1.807) is 40.9 Å². The number of anilines is 1. The van der Waals surface area contributed by atoms with Crippen LogP contribution in [0.4, 0.5) is 10.5 Å². The van der Waals surface area contributed by atoms with Crippen molar-refractivity contribution in [3.05, 3.63) is 29.3 Å². The van der Waals surface area contributed by atoms with Gasteiger partial charge < -0.3 is 5.32 Å². The molecular formula is C13H14ClN3OS. The summed E-state index contributed by atoms with van der Waals surface area (Å²) < 4.78 is 0. The number of thioether (sulfide) groups is 1. The molecule has 6 heteroatoms. The number of hydrogen-bond donors (Lipinski definition) is 1. The number of halogens is 1. The van der Waals surface area contributed by atoms with Gasteiger partial charge in [-0.1, -0.05) is 11.6 Å². The van der Waals surface area contributed by atoms with Gasteiger partial charge >= 0.3 is 6.03 Å². The molecule has 1 aliphatic heterocycles. The largest absolute Gasteiger partial charge is 0.324 e. The number of urea groups is 1. The van der Waals surface area contributed by atoms with Gasteiger partial charge in [-0.2, -0.15) is 5.26 Å². The van der Waals surface area contributed by atoms with Crippen LogP contribution in [0.2, 0.25) is 5.02 Å². The number of rotatable bonds is 1. The van der Waals surface area contributed by atoms with Crippen molar-refractivity contribution >= 4 is 35.1 Å². The number of hydrogen-bond acceptors (Lipinski definition) is 3. The molecule has 0 bridgehead atoms. The average Bonchev–Trinajstić information content (AvgIpc) is 2.67. The molecule has 1 fully saturated rings. The van der Waals surface area contributed by atoms with Crippen LogP contribution in [0.15, 0.2) is 24.3 Å². The molecule has 1 unspecified atom stereocenters. The molecule has 1 aliphatic rings. The van der Waals surface area contributed by atoms with Gasteiger partial charge in [0.2, 0.25) is 0 Å². The molecular weight excluding hydrogens is 282 g/mol. The van der Waals surface area contributed by atoms with Crippen LogP contribution in [0.25, 0.3) is 0 Å². The van der Waals surface area contributed by atoms with E-state index in [0.717, 1.165) is 0 Å². The number of benzene rings is 1. The van der Waals surface area contributed by atoms with Gasteiger partial charge in [-0.15, -0.1) is 11.8 Å². The van der Waals surface area contributed by atoms with Gasteiger partial charge in [0.05, 0.1) is 10.9 Å². The number of nitrogens with one attached hydrogen (secondary N) is 1. The first-order chi connectivity index (χ1) is 8.94. The fraction of sp³-hybridized carbons (Fsp3) is 0.385. The molecule has 1 aromatic carbocycles. The van der Waals surface area contributed by atoms with E-state index in [9.17, 15) is 4.79 Å². The molecule has 0 aliphatic carbocycles. The summed E-state index contributed by atoms with van der Waals surface area (Å²) in [5.41, 5.74) is 0.666. The van der Waals surface area contributed by atoms with Crippen LogP contribution in [0, 0.1) is 11.3 Å². The van der Waals surface area contributed by atoms with E-state index in [1.807, 2.05) is 13.8 Å². The van der Waals surface area contributed by atoms with Crippen molar-refractivity contribution in [3.63, 3.8) is 0 Å². The predicted molar refractivity (Wildman–Crippen MR) is 78.2 cm³/mol. The maximum atomic E-state index is 12.3. The summed E-state index contributed by atoms with van der Waals surface area (Å²) in [6.07, 6.45) is 0. The molecule has 4 nitrogen and oxygen atoms in total. The van der Waals surface area contributed by atoms with Gasteiger partial charge in [-0.3, -0.25) is 4.90 Å². The van der Waals surface area contributed by atoms with Crippen molar-refractivity contribution in [1.82, 2.24) is 4.90 Å². The topological polar surface area (TPSA) is 56.1 Å². The molecule has 0 aromatic heterocycles. The first-order valence-corrected chi connectivity index (χ1v) is 7.20. The lowest BCUT2D eigenvalue weighted by Crippen LogP contribution is -2.48. The van der Waals surface area contributed by atoms with E-state index in [0.29, 0.717) is 16.5 Å². The zero-order chi connectivity index (χ0) is 14.0. The maximum Gasteiger partial charge on any atom is 0.324 e. The molecule has 0 saturated carbocycles. The molecule has 1 aromatic rings. The van der Waals surface area contributed by atoms with E-state index in [-0.39, 0.29) is 10.9 Å². The fourth-order valence-corrected chi connectivity index (χ4v) is 3.26. The Morgan fingerprint density at radius 1 is 1.53 bits per heavy atom. The third kappa shape index (κ3) is 2.96. The highest BCUT2D eigenvalue weighted by atomic mass is 35.5. The lowest BCUT2D eigenvalue weighted by molar-refractivity contribution is 0.185. The zero-order valence-corrected chi connectivity index (χ0v) is 12.3. The van der Waals surface area contributed by atoms with Gasteiger partial charge in [-0.05, 0) is 38.1 Å². The van der Waals surface area contributed by atoms with Crippen molar-refractivity contribution < 1.29 is 4.79 Å². The number of nitrogens with zero attached hydrogens (tertiary/aromatic N) is 2. The first kappa shape index (κ1) is 14.0. The molecule has 19 heavy (non-hydrogen) atoms. The van der Waals surface area contributed by atoms with Crippen molar-refractivity contribution in [2.24, 2.45) is 0 Å². The van der Waals surface area contributed by atoms with Crippen molar-refractivity contribution in [2.45, 2.75) is 24.8 Å². The minimum Gasteiger partial charge on any atom is -0.308 e. The Labute approximate surface area is 121 Å². The summed E-state index contributed by atoms with van der Waals surface area (Å²) in [7, 11) is 0. The number of carbonyl (C=O) groups excluding carboxylic acids is 1. The SMILES string of the molecule is CC1(C)SCC(C#N)N1C(=O)Nc1ccc(Cl)cc1. The van der Waals surface area contributed by atoms with Crippen molar-refractivity contribution in [1.29, 1.82) is 5.26 Å². The second-order valence-electron chi connectivity index (χ2n) is 4.71. The molecule has 2 amide bonds. The first-order valence-electron chi connectivity index (χ1n) is 5.83.